The SMILES string of the molecule is Cc1c(O)c(CN2CCN(C)CC2)cc2c1oc(=O)c1ccccc12. The van der Waals surface area contributed by atoms with Crippen LogP contribution >= 0.6 is 0 Å². The summed E-state index contributed by atoms with van der Waals surface area (Å²) in [4.78, 5) is 16.9. The molecule has 0 saturated carbocycles. The Hall–Kier alpha value is -2.37. The summed E-state index contributed by atoms with van der Waals surface area (Å²) in [5, 5.41) is 13.0. The number of hydrogen-bond donors (Lipinski definition) is 1. The van der Waals surface area contributed by atoms with Gasteiger partial charge in [-0.3, -0.25) is 4.90 Å². The molecular weight excluding hydrogens is 316 g/mol. The largest absolute Gasteiger partial charge is 0.507 e. The molecule has 0 bridgehead atoms. The topological polar surface area (TPSA) is 56.9 Å². The van der Waals surface area contributed by atoms with E-state index in [1.807, 2.05) is 31.2 Å². The summed E-state index contributed by atoms with van der Waals surface area (Å²) in [6.07, 6.45) is 0. The quantitative estimate of drug-likeness (QED) is 0.575. The molecule has 2 aromatic carbocycles. The van der Waals surface area contributed by atoms with Gasteiger partial charge in [0.15, 0.2) is 0 Å². The third-order valence-electron chi connectivity index (χ3n) is 5.18. The molecule has 5 nitrogen and oxygen atoms in total. The highest BCUT2D eigenvalue weighted by atomic mass is 16.4. The first kappa shape index (κ1) is 16.1. The number of fused-ring (bicyclic) bond motifs is 3. The van der Waals surface area contributed by atoms with Gasteiger partial charge in [0, 0.05) is 49.2 Å². The van der Waals surface area contributed by atoms with E-state index in [4.69, 9.17) is 4.42 Å². The van der Waals surface area contributed by atoms with Crippen LogP contribution < -0.4 is 5.63 Å². The Labute approximate surface area is 146 Å². The van der Waals surface area contributed by atoms with E-state index in [1.165, 1.54) is 0 Å². The van der Waals surface area contributed by atoms with Crippen LogP contribution in [0.3, 0.4) is 0 Å². The third-order valence-corrected chi connectivity index (χ3v) is 5.18. The normalized spacial score (nSPS) is 16.7. The summed E-state index contributed by atoms with van der Waals surface area (Å²) >= 11 is 0. The van der Waals surface area contributed by atoms with Crippen molar-refractivity contribution in [3.8, 4) is 5.75 Å². The van der Waals surface area contributed by atoms with Crippen molar-refractivity contribution in [2.24, 2.45) is 0 Å². The molecule has 2 heterocycles. The summed E-state index contributed by atoms with van der Waals surface area (Å²) in [5.74, 6) is 0.227. The molecule has 130 valence electrons. The molecule has 1 aliphatic rings. The number of piperazine rings is 1. The van der Waals surface area contributed by atoms with E-state index in [0.29, 0.717) is 23.1 Å². The van der Waals surface area contributed by atoms with Crippen LogP contribution in [-0.4, -0.2) is 48.1 Å². The second-order valence-corrected chi connectivity index (χ2v) is 6.90. The summed E-state index contributed by atoms with van der Waals surface area (Å²) in [6.45, 7) is 6.54. The molecule has 1 aromatic heterocycles. The standard InChI is InChI=1S/C20H22N2O3/c1-13-18(23)14(12-22-9-7-21(2)8-10-22)11-17-15-5-3-4-6-16(15)20(24)25-19(13)17/h3-6,11,23H,7-10,12H2,1-2H3. The van der Waals surface area contributed by atoms with Crippen molar-refractivity contribution in [3.05, 3.63) is 51.9 Å². The second kappa shape index (κ2) is 6.17. The monoisotopic (exact) mass is 338 g/mol. The smallest absolute Gasteiger partial charge is 0.344 e. The fourth-order valence-corrected chi connectivity index (χ4v) is 3.60. The van der Waals surface area contributed by atoms with Crippen molar-refractivity contribution in [1.82, 2.24) is 9.80 Å². The zero-order chi connectivity index (χ0) is 17.6. The molecule has 1 N–H and O–H groups in total. The van der Waals surface area contributed by atoms with Crippen molar-refractivity contribution in [1.29, 1.82) is 0 Å². The van der Waals surface area contributed by atoms with Gasteiger partial charge in [-0.05, 0) is 31.5 Å². The van der Waals surface area contributed by atoms with Crippen molar-refractivity contribution in [3.63, 3.8) is 0 Å². The van der Waals surface area contributed by atoms with E-state index in [2.05, 4.69) is 16.8 Å². The molecule has 0 aliphatic carbocycles. The maximum Gasteiger partial charge on any atom is 0.344 e. The molecule has 4 rings (SSSR count). The Bertz CT molecular complexity index is 1000. The van der Waals surface area contributed by atoms with Crippen LogP contribution in [0, 0.1) is 6.92 Å². The van der Waals surface area contributed by atoms with E-state index in [0.717, 1.165) is 42.5 Å². The number of nitrogens with zero attached hydrogens (tertiary/aromatic N) is 2. The first-order chi connectivity index (χ1) is 12.0. The van der Waals surface area contributed by atoms with Gasteiger partial charge < -0.3 is 14.4 Å². The Balaban J connectivity index is 1.85. The molecule has 0 spiro atoms. The molecule has 3 aromatic rings. The third kappa shape index (κ3) is 2.79. The van der Waals surface area contributed by atoms with E-state index in [9.17, 15) is 9.90 Å². The Kier molecular flexibility index (Phi) is 3.98. The molecule has 1 aliphatic heterocycles. The van der Waals surface area contributed by atoms with Gasteiger partial charge in [-0.1, -0.05) is 18.2 Å². The molecule has 1 fully saturated rings. The molecule has 0 atom stereocenters. The summed E-state index contributed by atoms with van der Waals surface area (Å²) in [6, 6.07) is 9.45. The lowest BCUT2D eigenvalue weighted by atomic mass is 10.0. The average molecular weight is 338 g/mol. The van der Waals surface area contributed by atoms with E-state index in [1.54, 1.807) is 6.07 Å². The zero-order valence-electron chi connectivity index (χ0n) is 14.6. The number of benzene rings is 2. The first-order valence-electron chi connectivity index (χ1n) is 8.62. The van der Waals surface area contributed by atoms with Crippen LogP contribution in [0.5, 0.6) is 5.75 Å². The number of rotatable bonds is 2. The van der Waals surface area contributed by atoms with Crippen molar-refractivity contribution >= 4 is 21.7 Å². The average Bonchev–Trinajstić information content (AvgIpc) is 2.62. The van der Waals surface area contributed by atoms with Crippen LogP contribution in [-0.2, 0) is 6.54 Å². The predicted octanol–water partition coefficient (Wildman–Crippen LogP) is 2.71. The minimum absolute atomic E-state index is 0.227. The fraction of sp³-hybridized carbons (Fsp3) is 0.350. The second-order valence-electron chi connectivity index (χ2n) is 6.90. The summed E-state index contributed by atoms with van der Waals surface area (Å²) in [5.41, 5.74) is 1.62. The van der Waals surface area contributed by atoms with Crippen LogP contribution in [0.2, 0.25) is 0 Å². The summed E-state index contributed by atoms with van der Waals surface area (Å²) in [7, 11) is 2.13. The summed E-state index contributed by atoms with van der Waals surface area (Å²) < 4.78 is 5.51. The fourth-order valence-electron chi connectivity index (χ4n) is 3.60. The van der Waals surface area contributed by atoms with Gasteiger partial charge in [-0.25, -0.2) is 4.79 Å². The Morgan fingerprint density at radius 1 is 1.08 bits per heavy atom. The minimum Gasteiger partial charge on any atom is -0.507 e. The van der Waals surface area contributed by atoms with Gasteiger partial charge in [0.25, 0.3) is 0 Å². The van der Waals surface area contributed by atoms with Gasteiger partial charge in [0.2, 0.25) is 0 Å². The van der Waals surface area contributed by atoms with E-state index in [-0.39, 0.29) is 11.4 Å². The highest BCUT2D eigenvalue weighted by Gasteiger charge is 2.19. The number of likely N-dealkylation sites (N-methyl/N-ethyl adjacent to an activating group) is 1. The maximum atomic E-state index is 12.2. The Morgan fingerprint density at radius 3 is 2.48 bits per heavy atom. The van der Waals surface area contributed by atoms with Gasteiger partial charge in [0.05, 0.1) is 5.39 Å². The zero-order valence-corrected chi connectivity index (χ0v) is 14.6. The number of aryl methyl sites for hydroxylation is 1. The van der Waals surface area contributed by atoms with Crippen molar-refractivity contribution in [2.45, 2.75) is 13.5 Å². The lowest BCUT2D eigenvalue weighted by Crippen LogP contribution is -2.43. The number of aromatic hydroxyl groups is 1. The van der Waals surface area contributed by atoms with E-state index < -0.39 is 0 Å². The lowest BCUT2D eigenvalue weighted by Gasteiger charge is -2.32. The van der Waals surface area contributed by atoms with Crippen LogP contribution in [0.15, 0.2) is 39.5 Å². The molecule has 0 amide bonds. The molecule has 1 saturated heterocycles. The van der Waals surface area contributed by atoms with Gasteiger partial charge >= 0.3 is 5.63 Å². The van der Waals surface area contributed by atoms with Crippen molar-refractivity contribution < 1.29 is 9.52 Å². The van der Waals surface area contributed by atoms with Gasteiger partial charge in [0.1, 0.15) is 11.3 Å². The van der Waals surface area contributed by atoms with E-state index >= 15 is 0 Å². The molecular formula is C20H22N2O3. The van der Waals surface area contributed by atoms with Gasteiger partial charge in [-0.2, -0.15) is 0 Å². The van der Waals surface area contributed by atoms with Crippen LogP contribution in [0.4, 0.5) is 0 Å². The maximum absolute atomic E-state index is 12.2. The first-order valence-corrected chi connectivity index (χ1v) is 8.62. The minimum atomic E-state index is -0.364. The lowest BCUT2D eigenvalue weighted by molar-refractivity contribution is 0.147. The highest BCUT2D eigenvalue weighted by molar-refractivity contribution is 6.05. The van der Waals surface area contributed by atoms with Crippen LogP contribution in [0.25, 0.3) is 21.7 Å². The highest BCUT2D eigenvalue weighted by Crippen LogP contribution is 2.34. The van der Waals surface area contributed by atoms with Crippen molar-refractivity contribution in [2.75, 3.05) is 33.2 Å². The number of hydrogen-bond acceptors (Lipinski definition) is 5. The molecule has 25 heavy (non-hydrogen) atoms. The van der Waals surface area contributed by atoms with Gasteiger partial charge in [-0.15, -0.1) is 0 Å². The molecule has 0 radical (unpaired) electrons. The van der Waals surface area contributed by atoms with Crippen LogP contribution in [0.1, 0.15) is 11.1 Å². The molecule has 5 heteroatoms. The molecule has 0 unspecified atom stereocenters. The Morgan fingerprint density at radius 2 is 1.76 bits per heavy atom. The predicted molar refractivity (Wildman–Crippen MR) is 99.2 cm³/mol. The number of phenols is 1. The number of phenolic OH excluding ortho intramolecular Hbond substituents is 1.